The summed E-state index contributed by atoms with van der Waals surface area (Å²) in [5.41, 5.74) is 1.29. The van der Waals surface area contributed by atoms with Crippen LogP contribution in [0, 0.1) is 0 Å². The van der Waals surface area contributed by atoms with Gasteiger partial charge in [0.1, 0.15) is 11.9 Å². The van der Waals surface area contributed by atoms with Gasteiger partial charge in [0.15, 0.2) is 5.96 Å². The van der Waals surface area contributed by atoms with E-state index in [0.29, 0.717) is 6.54 Å². The number of hydrogen-bond acceptors (Lipinski definition) is 2. The molecule has 0 radical (unpaired) electrons. The Hall–Kier alpha value is -0.980. The normalized spacial score (nSPS) is 16.9. The summed E-state index contributed by atoms with van der Waals surface area (Å²) in [6.07, 6.45) is 2.21. The fourth-order valence-electron chi connectivity index (χ4n) is 2.13. The van der Waals surface area contributed by atoms with Crippen LogP contribution < -0.4 is 15.4 Å². The first-order valence-corrected chi connectivity index (χ1v) is 7.10. The Morgan fingerprint density at radius 2 is 2.10 bits per heavy atom. The first-order valence-electron chi connectivity index (χ1n) is 7.10. The minimum Gasteiger partial charge on any atom is -0.488 e. The Kier molecular flexibility index (Phi) is 7.72. The van der Waals surface area contributed by atoms with E-state index in [1.165, 1.54) is 5.56 Å². The zero-order valence-corrected chi connectivity index (χ0v) is 14.5. The van der Waals surface area contributed by atoms with Crippen molar-refractivity contribution in [2.24, 2.45) is 4.99 Å². The van der Waals surface area contributed by atoms with Crippen LogP contribution in [0.4, 0.5) is 0 Å². The smallest absolute Gasteiger partial charge is 0.191 e. The van der Waals surface area contributed by atoms with Crippen LogP contribution in [0.15, 0.2) is 29.3 Å². The first-order chi connectivity index (χ1) is 9.33. The lowest BCUT2D eigenvalue weighted by molar-refractivity contribution is 0.241. The number of fused-ring (bicyclic) bond motifs is 1. The third-order valence-electron chi connectivity index (χ3n) is 3.05. The molecule has 1 aromatic rings. The van der Waals surface area contributed by atoms with E-state index in [0.717, 1.165) is 37.6 Å². The van der Waals surface area contributed by atoms with Gasteiger partial charge < -0.3 is 15.4 Å². The molecule has 0 bridgehead atoms. The van der Waals surface area contributed by atoms with Crippen LogP contribution in [0.2, 0.25) is 0 Å². The summed E-state index contributed by atoms with van der Waals surface area (Å²) in [7, 11) is 0. The molecular formula is C15H24IN3O. The first kappa shape index (κ1) is 17.1. The molecule has 2 N–H and O–H groups in total. The zero-order chi connectivity index (χ0) is 13.5. The average molecular weight is 389 g/mol. The van der Waals surface area contributed by atoms with Gasteiger partial charge in [-0.05, 0) is 25.0 Å². The molecule has 0 spiro atoms. The van der Waals surface area contributed by atoms with E-state index in [2.05, 4.69) is 41.6 Å². The lowest BCUT2D eigenvalue weighted by atomic mass is 10.1. The van der Waals surface area contributed by atoms with Gasteiger partial charge in [0.2, 0.25) is 0 Å². The van der Waals surface area contributed by atoms with E-state index in [9.17, 15) is 0 Å². The van der Waals surface area contributed by atoms with Gasteiger partial charge in [-0.25, -0.2) is 4.99 Å². The lowest BCUT2D eigenvalue weighted by Crippen LogP contribution is -2.38. The highest BCUT2D eigenvalue weighted by Gasteiger charge is 2.21. The molecule has 1 atom stereocenters. The number of halogens is 1. The molecule has 1 aliphatic heterocycles. The van der Waals surface area contributed by atoms with E-state index in [1.54, 1.807) is 0 Å². The van der Waals surface area contributed by atoms with Crippen LogP contribution in [0.3, 0.4) is 0 Å². The highest BCUT2D eigenvalue weighted by Crippen LogP contribution is 2.27. The van der Waals surface area contributed by atoms with Crippen LogP contribution in [0.5, 0.6) is 5.75 Å². The van der Waals surface area contributed by atoms with Crippen molar-refractivity contribution < 1.29 is 4.74 Å². The van der Waals surface area contributed by atoms with Crippen molar-refractivity contribution in [3.8, 4) is 5.75 Å². The Balaban J connectivity index is 0.00000200. The monoisotopic (exact) mass is 389 g/mol. The fraction of sp³-hybridized carbons (Fsp3) is 0.533. The van der Waals surface area contributed by atoms with Crippen LogP contribution >= 0.6 is 24.0 Å². The SMILES string of the molecule is CCCNC(=NCC1Cc2ccccc2O1)NCC.I. The van der Waals surface area contributed by atoms with E-state index >= 15 is 0 Å². The molecule has 0 fully saturated rings. The number of ether oxygens (including phenoxy) is 1. The molecule has 1 unspecified atom stereocenters. The van der Waals surface area contributed by atoms with Crippen molar-refractivity contribution in [2.45, 2.75) is 32.8 Å². The Labute approximate surface area is 138 Å². The van der Waals surface area contributed by atoms with Crippen molar-refractivity contribution in [1.82, 2.24) is 10.6 Å². The number of benzene rings is 1. The summed E-state index contributed by atoms with van der Waals surface area (Å²) in [6, 6.07) is 8.22. The largest absolute Gasteiger partial charge is 0.488 e. The number of aliphatic imine (C=N–C) groups is 1. The average Bonchev–Trinajstić information content (AvgIpc) is 2.84. The molecule has 0 aliphatic carbocycles. The minimum atomic E-state index is 0. The number of para-hydroxylation sites is 1. The molecule has 2 rings (SSSR count). The molecular weight excluding hydrogens is 365 g/mol. The van der Waals surface area contributed by atoms with Gasteiger partial charge in [-0.15, -0.1) is 24.0 Å². The fourth-order valence-corrected chi connectivity index (χ4v) is 2.13. The van der Waals surface area contributed by atoms with Crippen molar-refractivity contribution >= 4 is 29.9 Å². The Bertz CT molecular complexity index is 412. The molecule has 1 aliphatic rings. The predicted octanol–water partition coefficient (Wildman–Crippen LogP) is 2.57. The molecule has 0 saturated carbocycles. The molecule has 0 saturated heterocycles. The number of rotatable bonds is 5. The molecule has 0 aromatic heterocycles. The number of nitrogens with zero attached hydrogens (tertiary/aromatic N) is 1. The highest BCUT2D eigenvalue weighted by atomic mass is 127. The molecule has 20 heavy (non-hydrogen) atoms. The minimum absolute atomic E-state index is 0. The van der Waals surface area contributed by atoms with Gasteiger partial charge in [0, 0.05) is 19.5 Å². The zero-order valence-electron chi connectivity index (χ0n) is 12.2. The van der Waals surface area contributed by atoms with Gasteiger partial charge in [-0.2, -0.15) is 0 Å². The van der Waals surface area contributed by atoms with Gasteiger partial charge in [-0.3, -0.25) is 0 Å². The molecule has 4 nitrogen and oxygen atoms in total. The maximum absolute atomic E-state index is 5.88. The van der Waals surface area contributed by atoms with Crippen LogP contribution in [0.25, 0.3) is 0 Å². The predicted molar refractivity (Wildman–Crippen MR) is 94.2 cm³/mol. The maximum Gasteiger partial charge on any atom is 0.191 e. The summed E-state index contributed by atoms with van der Waals surface area (Å²) in [4.78, 5) is 4.59. The van der Waals surface area contributed by atoms with E-state index in [1.807, 2.05) is 12.1 Å². The summed E-state index contributed by atoms with van der Waals surface area (Å²) in [5.74, 6) is 1.89. The van der Waals surface area contributed by atoms with Gasteiger partial charge in [0.25, 0.3) is 0 Å². The quantitative estimate of drug-likeness (QED) is 0.462. The van der Waals surface area contributed by atoms with Crippen LogP contribution in [-0.2, 0) is 6.42 Å². The standard InChI is InChI=1S/C15H23N3O.HI/c1-3-9-17-15(16-4-2)18-11-13-10-12-7-5-6-8-14(12)19-13;/h5-8,13H,3-4,9-11H2,1-2H3,(H2,16,17,18);1H. The maximum atomic E-state index is 5.88. The summed E-state index contributed by atoms with van der Waals surface area (Å²) in [5, 5.41) is 6.54. The molecule has 1 heterocycles. The Morgan fingerprint density at radius 1 is 1.30 bits per heavy atom. The molecule has 5 heteroatoms. The van der Waals surface area contributed by atoms with Crippen molar-refractivity contribution in [1.29, 1.82) is 0 Å². The molecule has 0 amide bonds. The molecule has 112 valence electrons. The third kappa shape index (κ3) is 4.85. The van der Waals surface area contributed by atoms with E-state index in [4.69, 9.17) is 4.74 Å². The third-order valence-corrected chi connectivity index (χ3v) is 3.05. The van der Waals surface area contributed by atoms with Crippen LogP contribution in [0.1, 0.15) is 25.8 Å². The summed E-state index contributed by atoms with van der Waals surface area (Å²) < 4.78 is 5.88. The van der Waals surface area contributed by atoms with Gasteiger partial charge in [0.05, 0.1) is 6.54 Å². The second kappa shape index (κ2) is 9.05. The van der Waals surface area contributed by atoms with Gasteiger partial charge in [-0.1, -0.05) is 25.1 Å². The summed E-state index contributed by atoms with van der Waals surface area (Å²) >= 11 is 0. The topological polar surface area (TPSA) is 45.7 Å². The second-order valence-electron chi connectivity index (χ2n) is 4.70. The Morgan fingerprint density at radius 3 is 2.80 bits per heavy atom. The van der Waals surface area contributed by atoms with Crippen molar-refractivity contribution in [2.75, 3.05) is 19.6 Å². The summed E-state index contributed by atoms with van der Waals surface area (Å²) in [6.45, 7) is 6.73. The van der Waals surface area contributed by atoms with Crippen molar-refractivity contribution in [3.05, 3.63) is 29.8 Å². The molecule has 1 aromatic carbocycles. The number of nitrogens with one attached hydrogen (secondary N) is 2. The van der Waals surface area contributed by atoms with Crippen molar-refractivity contribution in [3.63, 3.8) is 0 Å². The number of guanidine groups is 1. The number of hydrogen-bond donors (Lipinski definition) is 2. The van der Waals surface area contributed by atoms with Crippen LogP contribution in [-0.4, -0.2) is 31.7 Å². The van der Waals surface area contributed by atoms with E-state index < -0.39 is 0 Å². The second-order valence-corrected chi connectivity index (χ2v) is 4.70. The highest BCUT2D eigenvalue weighted by molar-refractivity contribution is 14.0. The van der Waals surface area contributed by atoms with E-state index in [-0.39, 0.29) is 30.1 Å². The lowest BCUT2D eigenvalue weighted by Gasteiger charge is -2.12. The van der Waals surface area contributed by atoms with Gasteiger partial charge >= 0.3 is 0 Å².